The number of phenolic OH excluding ortho intramolecular Hbond substituents is 1. The number of phenols is 1. The van der Waals surface area contributed by atoms with Gasteiger partial charge in [-0.3, -0.25) is 34.6 Å². The third-order valence-corrected chi connectivity index (χ3v) is 6.91. The number of ether oxygens (including phenoxy) is 1. The first kappa shape index (κ1) is 31.1. The fourth-order valence-corrected chi connectivity index (χ4v) is 4.46. The minimum Gasteiger partial charge on any atom is -0.497 e. The number of hydrogen-bond donors (Lipinski definition) is 2. The molecule has 16 nitrogen and oxygen atoms in total. The first-order chi connectivity index (χ1) is 18.7. The largest absolute Gasteiger partial charge is 0.497 e. The first-order valence-corrected chi connectivity index (χ1v) is 12.5. The van der Waals surface area contributed by atoms with Crippen molar-refractivity contribution in [2.45, 2.75) is 18.7 Å². The van der Waals surface area contributed by atoms with E-state index in [-0.39, 0.29) is 18.2 Å². The molecule has 0 aliphatic heterocycles. The molecule has 0 aromatic heterocycles. The van der Waals surface area contributed by atoms with Crippen molar-refractivity contribution in [1.29, 1.82) is 0 Å². The summed E-state index contributed by atoms with van der Waals surface area (Å²) in [5.74, 6) is -1.66. The zero-order valence-electron chi connectivity index (χ0n) is 21.0. The Hall–Kier alpha value is -5.16. The lowest BCUT2D eigenvalue weighted by Crippen LogP contribution is -2.36. The molecule has 17 heteroatoms. The molecule has 3 aromatic carbocycles. The maximum Gasteiger partial charge on any atom is 0.338 e. The SMILES string of the molecule is CCOC(=O)c1ccc(N(CN)S(=O)(=O)c2ccc(C)cc2)cc1.O=[N+]([O-])c1cc([N+](=O)[O-])c(O)c([N+](=O)[O-])c1. The summed E-state index contributed by atoms with van der Waals surface area (Å²) >= 11 is 0. The molecule has 0 fully saturated rings. The van der Waals surface area contributed by atoms with E-state index < -0.39 is 53.6 Å². The summed E-state index contributed by atoms with van der Waals surface area (Å²) in [5, 5.41) is 40.2. The highest BCUT2D eigenvalue weighted by atomic mass is 32.2. The number of nitro benzene ring substituents is 3. The Morgan fingerprint density at radius 3 is 1.82 bits per heavy atom. The number of anilines is 1. The van der Waals surface area contributed by atoms with Crippen LogP contribution in [-0.4, -0.2) is 47.5 Å². The van der Waals surface area contributed by atoms with Crippen LogP contribution >= 0.6 is 0 Å². The molecule has 0 amide bonds. The highest BCUT2D eigenvalue weighted by molar-refractivity contribution is 7.92. The van der Waals surface area contributed by atoms with Gasteiger partial charge in [-0.1, -0.05) is 17.7 Å². The second-order valence-corrected chi connectivity index (χ2v) is 9.58. The van der Waals surface area contributed by atoms with Crippen molar-refractivity contribution >= 4 is 38.7 Å². The lowest BCUT2D eigenvalue weighted by molar-refractivity contribution is -0.404. The van der Waals surface area contributed by atoms with E-state index in [2.05, 4.69) is 0 Å². The lowest BCUT2D eigenvalue weighted by atomic mass is 10.2. The standard InChI is InChI=1S/C17H20N2O4S.C6H3N3O7/c1-3-23-17(20)14-6-8-15(9-7-14)19(12-18)24(21,22)16-10-4-13(2)5-11-16;10-6-4(8(13)14)1-3(7(11)12)2-5(6)9(15)16/h4-11H,3,12,18H2,1-2H3;1-2,10H. The quantitative estimate of drug-likeness (QED) is 0.161. The molecule has 0 aliphatic carbocycles. The van der Waals surface area contributed by atoms with E-state index in [1.807, 2.05) is 6.92 Å². The molecule has 0 spiro atoms. The van der Waals surface area contributed by atoms with Gasteiger partial charge in [0.05, 0.1) is 56.3 Å². The van der Waals surface area contributed by atoms with Gasteiger partial charge in [-0.2, -0.15) is 0 Å². The Morgan fingerprint density at radius 2 is 1.43 bits per heavy atom. The maximum atomic E-state index is 12.8. The first-order valence-electron chi connectivity index (χ1n) is 11.1. The number of esters is 1. The molecule has 0 heterocycles. The van der Waals surface area contributed by atoms with Gasteiger partial charge in [0.1, 0.15) is 0 Å². The Morgan fingerprint density at radius 1 is 0.925 bits per heavy atom. The van der Waals surface area contributed by atoms with Crippen molar-refractivity contribution in [2.75, 3.05) is 17.6 Å². The van der Waals surface area contributed by atoms with Gasteiger partial charge in [0.15, 0.2) is 0 Å². The summed E-state index contributed by atoms with van der Waals surface area (Å²) in [6, 6.07) is 13.5. The third kappa shape index (κ3) is 7.23. The van der Waals surface area contributed by atoms with Crippen molar-refractivity contribution in [3.63, 3.8) is 0 Å². The van der Waals surface area contributed by atoms with Crippen molar-refractivity contribution < 1.29 is 37.8 Å². The number of hydrogen-bond acceptors (Lipinski definition) is 12. The van der Waals surface area contributed by atoms with Crippen LogP contribution in [0.15, 0.2) is 65.6 Å². The number of nitrogens with two attached hydrogens (primary N) is 1. The van der Waals surface area contributed by atoms with E-state index in [1.165, 1.54) is 24.3 Å². The van der Waals surface area contributed by atoms with Crippen LogP contribution in [0.4, 0.5) is 22.7 Å². The normalized spacial score (nSPS) is 10.6. The molecule has 0 bridgehead atoms. The van der Waals surface area contributed by atoms with E-state index >= 15 is 0 Å². The molecule has 3 aromatic rings. The monoisotopic (exact) mass is 577 g/mol. The van der Waals surface area contributed by atoms with Crippen LogP contribution in [0.25, 0.3) is 0 Å². The van der Waals surface area contributed by atoms with Crippen LogP contribution < -0.4 is 10.0 Å². The van der Waals surface area contributed by atoms with E-state index in [0.29, 0.717) is 23.4 Å². The van der Waals surface area contributed by atoms with Crippen LogP contribution in [0.3, 0.4) is 0 Å². The summed E-state index contributed by atoms with van der Waals surface area (Å²) < 4.78 is 31.5. The lowest BCUT2D eigenvalue weighted by Gasteiger charge is -2.22. The number of sulfonamides is 1. The second kappa shape index (κ2) is 13.1. The number of carbonyl (C=O) groups excluding carboxylic acids is 1. The number of nitro groups is 3. The highest BCUT2D eigenvalue weighted by Gasteiger charge is 2.30. The Labute approximate surface area is 226 Å². The molecule has 3 N–H and O–H groups in total. The van der Waals surface area contributed by atoms with Gasteiger partial charge in [0, 0.05) is 0 Å². The molecule has 0 saturated carbocycles. The van der Waals surface area contributed by atoms with Gasteiger partial charge in [0.25, 0.3) is 21.5 Å². The molecule has 0 aliphatic rings. The van der Waals surface area contributed by atoms with Crippen LogP contribution in [0.2, 0.25) is 0 Å². The maximum absolute atomic E-state index is 12.8. The molecule has 0 radical (unpaired) electrons. The van der Waals surface area contributed by atoms with Crippen LogP contribution in [0.1, 0.15) is 22.8 Å². The molecule has 0 atom stereocenters. The fraction of sp³-hybridized carbons (Fsp3) is 0.174. The van der Waals surface area contributed by atoms with Gasteiger partial charge in [-0.05, 0) is 50.2 Å². The smallest absolute Gasteiger partial charge is 0.338 e. The van der Waals surface area contributed by atoms with Crippen LogP contribution in [0.5, 0.6) is 5.75 Å². The topological polar surface area (TPSA) is 239 Å². The van der Waals surface area contributed by atoms with Crippen molar-refractivity contribution in [3.05, 3.63) is 102 Å². The van der Waals surface area contributed by atoms with E-state index in [9.17, 15) is 43.6 Å². The minimum absolute atomic E-state index is 0.160. The van der Waals surface area contributed by atoms with E-state index in [1.54, 1.807) is 31.2 Å². The zero-order valence-corrected chi connectivity index (χ0v) is 21.8. The molecule has 3 rings (SSSR count). The van der Waals surface area contributed by atoms with E-state index in [4.69, 9.17) is 15.6 Å². The Kier molecular flexibility index (Phi) is 10.1. The molecule has 0 saturated heterocycles. The summed E-state index contributed by atoms with van der Waals surface area (Å²) in [6.45, 7) is 3.66. The summed E-state index contributed by atoms with van der Waals surface area (Å²) in [6.07, 6.45) is 0. The number of non-ortho nitro benzene ring substituents is 1. The number of aromatic hydroxyl groups is 1. The molecular weight excluding hydrogens is 554 g/mol. The van der Waals surface area contributed by atoms with Gasteiger partial charge < -0.3 is 15.6 Å². The summed E-state index contributed by atoms with van der Waals surface area (Å²) in [7, 11) is -3.77. The van der Waals surface area contributed by atoms with Gasteiger partial charge in [-0.25, -0.2) is 13.2 Å². The average molecular weight is 578 g/mol. The summed E-state index contributed by atoms with van der Waals surface area (Å²) in [5.41, 5.74) is 4.35. The molecular formula is C23H23N5O11S. The van der Waals surface area contributed by atoms with Crippen molar-refractivity contribution in [3.8, 4) is 5.75 Å². The van der Waals surface area contributed by atoms with Crippen LogP contribution in [0, 0.1) is 37.3 Å². The zero-order chi connectivity index (χ0) is 30.2. The minimum atomic E-state index is -3.77. The molecule has 212 valence electrons. The summed E-state index contributed by atoms with van der Waals surface area (Å²) in [4.78, 5) is 39.6. The highest BCUT2D eigenvalue weighted by Crippen LogP contribution is 2.39. The number of benzene rings is 3. The number of aryl methyl sites for hydroxylation is 1. The van der Waals surface area contributed by atoms with Crippen molar-refractivity contribution in [2.24, 2.45) is 5.73 Å². The van der Waals surface area contributed by atoms with E-state index in [0.717, 1.165) is 9.87 Å². The second-order valence-electron chi connectivity index (χ2n) is 7.72. The average Bonchev–Trinajstić information content (AvgIpc) is 2.89. The predicted octanol–water partition coefficient (Wildman–Crippen LogP) is 3.40. The number of carbonyl (C=O) groups is 1. The fourth-order valence-electron chi connectivity index (χ4n) is 3.13. The Balaban J connectivity index is 0.000000305. The number of rotatable bonds is 9. The van der Waals surface area contributed by atoms with Gasteiger partial charge in [-0.15, -0.1) is 0 Å². The van der Waals surface area contributed by atoms with Crippen LogP contribution in [-0.2, 0) is 14.8 Å². The number of nitrogens with zero attached hydrogens (tertiary/aromatic N) is 4. The predicted molar refractivity (Wildman–Crippen MR) is 140 cm³/mol. The van der Waals surface area contributed by atoms with Gasteiger partial charge >= 0.3 is 17.3 Å². The third-order valence-electron chi connectivity index (χ3n) is 5.10. The molecule has 0 unspecified atom stereocenters. The van der Waals surface area contributed by atoms with Gasteiger partial charge in [0.2, 0.25) is 0 Å². The Bertz CT molecular complexity index is 1490. The van der Waals surface area contributed by atoms with Crippen molar-refractivity contribution in [1.82, 2.24) is 0 Å². The molecule has 40 heavy (non-hydrogen) atoms.